The molecule has 8 heteroatoms. The second-order valence-electron chi connectivity index (χ2n) is 4.08. The Morgan fingerprint density at radius 3 is 2.50 bits per heavy atom. The maximum Gasteiger partial charge on any atom is 0.405 e. The Morgan fingerprint density at radius 2 is 2.00 bits per heavy atom. The molecule has 0 atom stereocenters. The number of nitrogen functional groups attached to an aromatic ring is 1. The van der Waals surface area contributed by atoms with Gasteiger partial charge in [-0.2, -0.15) is 13.2 Å². The van der Waals surface area contributed by atoms with Crippen molar-refractivity contribution in [2.24, 2.45) is 0 Å². The fraction of sp³-hybridized carbons (Fsp3) is 0.417. The van der Waals surface area contributed by atoms with E-state index in [4.69, 9.17) is 10.5 Å². The van der Waals surface area contributed by atoms with Crippen LogP contribution in [0.5, 0.6) is 0 Å². The van der Waals surface area contributed by atoms with Crippen LogP contribution in [-0.2, 0) is 4.74 Å². The van der Waals surface area contributed by atoms with Crippen molar-refractivity contribution < 1.29 is 27.1 Å². The number of anilines is 2. The molecule has 0 aliphatic heterocycles. The highest BCUT2D eigenvalue weighted by molar-refractivity contribution is 5.96. The van der Waals surface area contributed by atoms with E-state index in [1.165, 1.54) is 0 Å². The molecule has 0 heterocycles. The van der Waals surface area contributed by atoms with E-state index in [1.54, 1.807) is 6.92 Å². The van der Waals surface area contributed by atoms with Gasteiger partial charge in [-0.1, -0.05) is 0 Å². The van der Waals surface area contributed by atoms with Crippen molar-refractivity contribution in [3.8, 4) is 0 Å². The van der Waals surface area contributed by atoms with Crippen molar-refractivity contribution in [1.82, 2.24) is 0 Å². The molecule has 4 nitrogen and oxygen atoms in total. The fourth-order valence-electron chi connectivity index (χ4n) is 1.61. The SMILES string of the molecule is CCOC(=O)c1cc(N(C)CC(F)(F)F)c(F)cc1N. The Balaban J connectivity index is 3.14. The van der Waals surface area contributed by atoms with Gasteiger partial charge in [0.15, 0.2) is 0 Å². The van der Waals surface area contributed by atoms with Crippen LogP contribution in [0.3, 0.4) is 0 Å². The highest BCUT2D eigenvalue weighted by atomic mass is 19.4. The number of benzene rings is 1. The predicted molar refractivity (Wildman–Crippen MR) is 66.1 cm³/mol. The number of hydrogen-bond acceptors (Lipinski definition) is 4. The Kier molecular flexibility index (Phi) is 4.80. The number of alkyl halides is 3. The van der Waals surface area contributed by atoms with Gasteiger partial charge in [-0.3, -0.25) is 0 Å². The summed E-state index contributed by atoms with van der Waals surface area (Å²) in [6.45, 7) is 0.285. The van der Waals surface area contributed by atoms with Gasteiger partial charge in [0.25, 0.3) is 0 Å². The highest BCUT2D eigenvalue weighted by Crippen LogP contribution is 2.27. The first kappa shape index (κ1) is 16.1. The molecule has 1 aromatic carbocycles. The summed E-state index contributed by atoms with van der Waals surface area (Å²) in [7, 11) is 1.07. The van der Waals surface area contributed by atoms with E-state index in [-0.39, 0.29) is 23.5 Å². The van der Waals surface area contributed by atoms with Crippen LogP contribution in [-0.4, -0.2) is 32.3 Å². The Bertz CT molecular complexity index is 503. The van der Waals surface area contributed by atoms with Gasteiger partial charge in [-0.15, -0.1) is 0 Å². The molecule has 0 aromatic heterocycles. The minimum absolute atomic E-state index is 0.0728. The molecule has 0 unspecified atom stereocenters. The average Bonchev–Trinajstić information content (AvgIpc) is 2.26. The Morgan fingerprint density at radius 1 is 1.40 bits per heavy atom. The molecule has 0 saturated heterocycles. The van der Waals surface area contributed by atoms with Gasteiger partial charge in [0.2, 0.25) is 0 Å². The first-order valence-corrected chi connectivity index (χ1v) is 5.69. The summed E-state index contributed by atoms with van der Waals surface area (Å²) < 4.78 is 55.3. The second kappa shape index (κ2) is 5.98. The highest BCUT2D eigenvalue weighted by Gasteiger charge is 2.30. The van der Waals surface area contributed by atoms with E-state index < -0.39 is 24.5 Å². The van der Waals surface area contributed by atoms with E-state index >= 15 is 0 Å². The van der Waals surface area contributed by atoms with Gasteiger partial charge in [-0.05, 0) is 19.1 Å². The summed E-state index contributed by atoms with van der Waals surface area (Å²) in [6.07, 6.45) is -4.49. The van der Waals surface area contributed by atoms with Crippen molar-refractivity contribution in [2.45, 2.75) is 13.1 Å². The number of halogens is 4. The van der Waals surface area contributed by atoms with Crippen LogP contribution in [0.4, 0.5) is 28.9 Å². The maximum absolute atomic E-state index is 13.7. The Labute approximate surface area is 113 Å². The number of ether oxygens (including phenoxy) is 1. The molecule has 1 aromatic rings. The van der Waals surface area contributed by atoms with Crippen LogP contribution >= 0.6 is 0 Å². The van der Waals surface area contributed by atoms with Crippen molar-refractivity contribution in [1.29, 1.82) is 0 Å². The van der Waals surface area contributed by atoms with E-state index in [9.17, 15) is 22.4 Å². The molecule has 0 spiro atoms. The molecule has 20 heavy (non-hydrogen) atoms. The van der Waals surface area contributed by atoms with Gasteiger partial charge in [0, 0.05) is 12.7 Å². The summed E-state index contributed by atoms with van der Waals surface area (Å²) in [5, 5.41) is 0. The lowest BCUT2D eigenvalue weighted by atomic mass is 10.1. The molecule has 112 valence electrons. The zero-order valence-electron chi connectivity index (χ0n) is 10.9. The third kappa shape index (κ3) is 4.01. The predicted octanol–water partition coefficient (Wildman–Crippen LogP) is 2.58. The van der Waals surface area contributed by atoms with Gasteiger partial charge in [-0.25, -0.2) is 9.18 Å². The normalized spacial score (nSPS) is 11.3. The van der Waals surface area contributed by atoms with Gasteiger partial charge in [0.05, 0.1) is 17.9 Å². The number of carbonyl (C=O) groups excluding carboxylic acids is 1. The Hall–Kier alpha value is -1.99. The van der Waals surface area contributed by atoms with Crippen molar-refractivity contribution in [3.05, 3.63) is 23.5 Å². The zero-order chi connectivity index (χ0) is 15.5. The molecule has 0 saturated carbocycles. The number of rotatable bonds is 4. The summed E-state index contributed by atoms with van der Waals surface area (Å²) in [4.78, 5) is 12.2. The maximum atomic E-state index is 13.7. The summed E-state index contributed by atoms with van der Waals surface area (Å²) in [6, 6.07) is 1.75. The standard InChI is InChI=1S/C12H14F4N2O2/c1-3-20-11(19)7-4-10(8(13)5-9(7)17)18(2)6-12(14,15)16/h4-5H,3,6,17H2,1-2H3. The van der Waals surface area contributed by atoms with Crippen LogP contribution in [0.2, 0.25) is 0 Å². The van der Waals surface area contributed by atoms with Crippen molar-refractivity contribution >= 4 is 17.3 Å². The molecule has 2 N–H and O–H groups in total. The molecular weight excluding hydrogens is 280 g/mol. The largest absolute Gasteiger partial charge is 0.462 e. The summed E-state index contributed by atoms with van der Waals surface area (Å²) in [5.41, 5.74) is 4.73. The van der Waals surface area contributed by atoms with Crippen LogP contribution in [0.25, 0.3) is 0 Å². The average molecular weight is 294 g/mol. The lowest BCUT2D eigenvalue weighted by molar-refractivity contribution is -0.119. The van der Waals surface area contributed by atoms with Crippen LogP contribution in [0.1, 0.15) is 17.3 Å². The van der Waals surface area contributed by atoms with Crippen LogP contribution in [0.15, 0.2) is 12.1 Å². The topological polar surface area (TPSA) is 55.6 Å². The molecule has 1 rings (SSSR count). The lowest BCUT2D eigenvalue weighted by Crippen LogP contribution is -2.31. The molecule has 0 radical (unpaired) electrons. The number of carbonyl (C=O) groups is 1. The van der Waals surface area contributed by atoms with Crippen molar-refractivity contribution in [2.75, 3.05) is 30.8 Å². The van der Waals surface area contributed by atoms with Gasteiger partial charge >= 0.3 is 12.1 Å². The molecular formula is C12H14F4N2O2. The molecule has 0 amide bonds. The number of esters is 1. The van der Waals surface area contributed by atoms with Crippen molar-refractivity contribution in [3.63, 3.8) is 0 Å². The summed E-state index contributed by atoms with van der Waals surface area (Å²) in [5.74, 6) is -1.76. The fourth-order valence-corrected chi connectivity index (χ4v) is 1.61. The third-order valence-electron chi connectivity index (χ3n) is 2.44. The third-order valence-corrected chi connectivity index (χ3v) is 2.44. The first-order chi connectivity index (χ1) is 9.15. The monoisotopic (exact) mass is 294 g/mol. The van der Waals surface area contributed by atoms with E-state index in [0.717, 1.165) is 19.2 Å². The second-order valence-corrected chi connectivity index (χ2v) is 4.08. The minimum atomic E-state index is -4.49. The number of hydrogen-bond donors (Lipinski definition) is 1. The molecule has 0 aliphatic rings. The molecule has 0 fully saturated rings. The molecule has 0 bridgehead atoms. The van der Waals surface area contributed by atoms with Gasteiger partial charge in [0.1, 0.15) is 12.4 Å². The smallest absolute Gasteiger partial charge is 0.405 e. The summed E-state index contributed by atoms with van der Waals surface area (Å²) >= 11 is 0. The van der Waals surface area contributed by atoms with E-state index in [1.807, 2.05) is 0 Å². The number of nitrogens with two attached hydrogens (primary N) is 1. The van der Waals surface area contributed by atoms with E-state index in [0.29, 0.717) is 4.90 Å². The van der Waals surface area contributed by atoms with E-state index in [2.05, 4.69) is 0 Å². The lowest BCUT2D eigenvalue weighted by Gasteiger charge is -2.22. The van der Waals surface area contributed by atoms with Crippen LogP contribution in [0, 0.1) is 5.82 Å². The first-order valence-electron chi connectivity index (χ1n) is 5.69. The van der Waals surface area contributed by atoms with Gasteiger partial charge < -0.3 is 15.4 Å². The number of nitrogens with zero attached hydrogens (tertiary/aromatic N) is 1. The quantitative estimate of drug-likeness (QED) is 0.527. The van der Waals surface area contributed by atoms with Crippen LogP contribution < -0.4 is 10.6 Å². The zero-order valence-corrected chi connectivity index (χ0v) is 10.9. The minimum Gasteiger partial charge on any atom is -0.462 e. The molecule has 0 aliphatic carbocycles.